The molecule has 2 N–H and O–H groups in total. The topological polar surface area (TPSA) is 76.0 Å². The lowest BCUT2D eigenvalue weighted by atomic mass is 10.1. The molecule has 0 radical (unpaired) electrons. The number of hydrogen-bond donors (Lipinski definition) is 2. The Balaban J connectivity index is 1.38. The zero-order chi connectivity index (χ0) is 16.1. The van der Waals surface area contributed by atoms with Gasteiger partial charge in [-0.15, -0.1) is 0 Å². The maximum atomic E-state index is 12.2. The number of fused-ring (bicyclic) bond motifs is 1. The van der Waals surface area contributed by atoms with E-state index in [4.69, 9.17) is 0 Å². The van der Waals surface area contributed by atoms with E-state index in [0.717, 1.165) is 25.5 Å². The van der Waals surface area contributed by atoms with Crippen LogP contribution in [0.4, 0.5) is 5.82 Å². The first-order chi connectivity index (χ1) is 11.1. The van der Waals surface area contributed by atoms with E-state index < -0.39 is 9.84 Å². The van der Waals surface area contributed by atoms with Gasteiger partial charge in [0.25, 0.3) is 0 Å². The van der Waals surface area contributed by atoms with Crippen LogP contribution in [0.3, 0.4) is 0 Å². The highest BCUT2D eigenvalue weighted by molar-refractivity contribution is 7.91. The number of hydrogen-bond acceptors (Lipinski definition) is 5. The fourth-order valence-electron chi connectivity index (χ4n) is 2.76. The Bertz CT molecular complexity index is 728. The highest BCUT2D eigenvalue weighted by Gasteiger charge is 2.18. The Hall–Kier alpha value is -1.86. The van der Waals surface area contributed by atoms with Gasteiger partial charge in [-0.25, -0.2) is 13.1 Å². The van der Waals surface area contributed by atoms with Gasteiger partial charge in [0.1, 0.15) is 5.82 Å². The molecule has 0 fully saturated rings. The third-order valence-corrected chi connectivity index (χ3v) is 5.84. The van der Waals surface area contributed by atoms with Gasteiger partial charge in [-0.05, 0) is 25.1 Å². The van der Waals surface area contributed by atoms with E-state index in [1.165, 1.54) is 0 Å². The Morgan fingerprint density at radius 1 is 1.26 bits per heavy atom. The zero-order valence-corrected chi connectivity index (χ0v) is 13.8. The van der Waals surface area contributed by atoms with Gasteiger partial charge in [-0.3, -0.25) is 0 Å². The number of benzene rings is 1. The molecule has 0 amide bonds. The van der Waals surface area contributed by atoms with E-state index in [0.29, 0.717) is 23.8 Å². The van der Waals surface area contributed by atoms with E-state index in [1.54, 1.807) is 30.5 Å². The van der Waals surface area contributed by atoms with Crippen LogP contribution < -0.4 is 10.6 Å². The molecule has 6 nitrogen and oxygen atoms in total. The first-order valence-corrected chi connectivity index (χ1v) is 9.54. The van der Waals surface area contributed by atoms with Gasteiger partial charge in [0, 0.05) is 31.6 Å². The molecule has 0 aliphatic carbocycles. The van der Waals surface area contributed by atoms with Crippen LogP contribution in [0.1, 0.15) is 6.42 Å². The van der Waals surface area contributed by atoms with Gasteiger partial charge < -0.3 is 10.6 Å². The fraction of sp³-hybridized carbons (Fsp3) is 0.438. The normalized spacial score (nSPS) is 17.5. The van der Waals surface area contributed by atoms with Crippen LogP contribution in [-0.4, -0.2) is 43.6 Å². The molecule has 0 saturated heterocycles. The van der Waals surface area contributed by atoms with E-state index in [-0.39, 0.29) is 5.75 Å². The van der Waals surface area contributed by atoms with Crippen molar-refractivity contribution in [2.75, 3.05) is 30.7 Å². The first kappa shape index (κ1) is 16.0. The Morgan fingerprint density at radius 2 is 2.09 bits per heavy atom. The Labute approximate surface area is 136 Å². The lowest BCUT2D eigenvalue weighted by Crippen LogP contribution is -2.35. The summed E-state index contributed by atoms with van der Waals surface area (Å²) in [5.74, 6) is 1.71. The summed E-state index contributed by atoms with van der Waals surface area (Å²) in [5, 5.41) is 11.0. The van der Waals surface area contributed by atoms with Gasteiger partial charge in [-0.2, -0.15) is 5.10 Å². The smallest absolute Gasteiger partial charge is 0.178 e. The molecular weight excluding hydrogens is 312 g/mol. The molecule has 3 rings (SSSR count). The molecular formula is C16H22N4O2S. The van der Waals surface area contributed by atoms with Gasteiger partial charge in [-0.1, -0.05) is 18.2 Å². The first-order valence-electron chi connectivity index (χ1n) is 7.89. The lowest BCUT2D eigenvalue weighted by Gasteiger charge is -2.25. The summed E-state index contributed by atoms with van der Waals surface area (Å²) in [7, 11) is -3.16. The summed E-state index contributed by atoms with van der Waals surface area (Å²) in [5.41, 5.74) is 0. The van der Waals surface area contributed by atoms with Crippen LogP contribution in [0.15, 0.2) is 47.5 Å². The molecule has 1 aromatic heterocycles. The standard InChI is InChI=1S/C16H22N4O2S/c21-23(22,15-5-2-1-3-6-15)10-4-8-17-11-14-12-18-16-7-9-19-20(16)13-14/h1-3,5-7,9,14,17-18H,4,8,10-13H2/t14-/m1/s1. The number of rotatable bonds is 7. The van der Waals surface area contributed by atoms with Gasteiger partial charge in [0.2, 0.25) is 0 Å². The van der Waals surface area contributed by atoms with Crippen molar-refractivity contribution in [3.8, 4) is 0 Å². The molecule has 1 aliphatic rings. The highest BCUT2D eigenvalue weighted by Crippen LogP contribution is 2.15. The van der Waals surface area contributed by atoms with Gasteiger partial charge in [0.15, 0.2) is 9.84 Å². The molecule has 2 heterocycles. The van der Waals surface area contributed by atoms with Crippen molar-refractivity contribution < 1.29 is 8.42 Å². The predicted octanol–water partition coefficient (Wildman–Crippen LogP) is 1.38. The second kappa shape index (κ2) is 7.14. The number of nitrogens with zero attached hydrogens (tertiary/aromatic N) is 2. The summed E-state index contributed by atoms with van der Waals surface area (Å²) in [6, 6.07) is 10.6. The average Bonchev–Trinajstić information content (AvgIpc) is 3.03. The molecule has 0 unspecified atom stereocenters. The van der Waals surface area contributed by atoms with E-state index in [2.05, 4.69) is 15.7 Å². The van der Waals surface area contributed by atoms with Crippen molar-refractivity contribution in [3.05, 3.63) is 42.6 Å². The van der Waals surface area contributed by atoms with Crippen molar-refractivity contribution in [2.24, 2.45) is 5.92 Å². The van der Waals surface area contributed by atoms with Crippen molar-refractivity contribution in [1.82, 2.24) is 15.1 Å². The maximum absolute atomic E-state index is 12.2. The van der Waals surface area contributed by atoms with Crippen LogP contribution in [0, 0.1) is 5.92 Å². The summed E-state index contributed by atoms with van der Waals surface area (Å²) >= 11 is 0. The lowest BCUT2D eigenvalue weighted by molar-refractivity contribution is 0.392. The predicted molar refractivity (Wildman–Crippen MR) is 90.2 cm³/mol. The van der Waals surface area contributed by atoms with E-state index in [9.17, 15) is 8.42 Å². The zero-order valence-electron chi connectivity index (χ0n) is 13.0. The molecule has 124 valence electrons. The van der Waals surface area contributed by atoms with Crippen LogP contribution in [0.25, 0.3) is 0 Å². The van der Waals surface area contributed by atoms with Gasteiger partial charge in [0.05, 0.1) is 16.8 Å². The van der Waals surface area contributed by atoms with Crippen LogP contribution in [-0.2, 0) is 16.4 Å². The SMILES string of the molecule is O=S(=O)(CCCNC[C@@H]1CNc2ccnn2C1)c1ccccc1. The molecule has 0 spiro atoms. The molecule has 2 aromatic rings. The van der Waals surface area contributed by atoms with Crippen LogP contribution >= 0.6 is 0 Å². The third-order valence-electron chi connectivity index (χ3n) is 4.02. The van der Waals surface area contributed by atoms with Crippen LogP contribution in [0.5, 0.6) is 0 Å². The van der Waals surface area contributed by atoms with Crippen molar-refractivity contribution in [2.45, 2.75) is 17.9 Å². The maximum Gasteiger partial charge on any atom is 0.178 e. The largest absolute Gasteiger partial charge is 0.370 e. The van der Waals surface area contributed by atoms with Crippen molar-refractivity contribution >= 4 is 15.7 Å². The number of anilines is 1. The fourth-order valence-corrected chi connectivity index (χ4v) is 4.09. The molecule has 0 saturated carbocycles. The second-order valence-electron chi connectivity index (χ2n) is 5.84. The average molecular weight is 334 g/mol. The molecule has 1 aliphatic heterocycles. The third kappa shape index (κ3) is 4.11. The van der Waals surface area contributed by atoms with Crippen LogP contribution in [0.2, 0.25) is 0 Å². The molecule has 23 heavy (non-hydrogen) atoms. The Kier molecular flexibility index (Phi) is 4.97. The number of sulfone groups is 1. The van der Waals surface area contributed by atoms with Crippen molar-refractivity contribution in [3.63, 3.8) is 0 Å². The quantitative estimate of drug-likeness (QED) is 0.748. The summed E-state index contributed by atoms with van der Waals surface area (Å²) in [6.07, 6.45) is 2.41. The molecule has 0 bridgehead atoms. The summed E-state index contributed by atoms with van der Waals surface area (Å²) in [4.78, 5) is 0.405. The molecule has 7 heteroatoms. The van der Waals surface area contributed by atoms with E-state index >= 15 is 0 Å². The van der Waals surface area contributed by atoms with Gasteiger partial charge >= 0.3 is 0 Å². The molecule has 1 atom stereocenters. The highest BCUT2D eigenvalue weighted by atomic mass is 32.2. The summed E-state index contributed by atoms with van der Waals surface area (Å²) in [6.45, 7) is 3.37. The van der Waals surface area contributed by atoms with Crippen molar-refractivity contribution in [1.29, 1.82) is 0 Å². The minimum Gasteiger partial charge on any atom is -0.370 e. The second-order valence-corrected chi connectivity index (χ2v) is 7.94. The molecule has 1 aromatic carbocycles. The monoisotopic (exact) mass is 334 g/mol. The minimum absolute atomic E-state index is 0.177. The number of aromatic nitrogens is 2. The Morgan fingerprint density at radius 3 is 2.91 bits per heavy atom. The van der Waals surface area contributed by atoms with E-state index in [1.807, 2.05) is 16.8 Å². The number of nitrogens with one attached hydrogen (secondary N) is 2. The minimum atomic E-state index is -3.16. The summed E-state index contributed by atoms with van der Waals surface area (Å²) < 4.78 is 26.3.